The molecule has 2 N–H and O–H groups in total. The number of hydrogen-bond acceptors (Lipinski definition) is 2. The zero-order chi connectivity index (χ0) is 15.6. The number of phenols is 1. The molecule has 0 amide bonds. The number of nitrogens with one attached hydrogen (secondary N) is 1. The molecule has 112 valence electrons. The minimum atomic E-state index is 0.295. The number of benzene rings is 1. The third-order valence-electron chi connectivity index (χ3n) is 3.61. The largest absolute Gasteiger partial charge is 0.507 e. The van der Waals surface area contributed by atoms with Crippen molar-refractivity contribution in [3.63, 3.8) is 0 Å². The van der Waals surface area contributed by atoms with Crippen LogP contribution in [0, 0.1) is 6.92 Å². The number of aryl methyl sites for hydroxylation is 1. The number of hydrogen-bond donors (Lipinski definition) is 2. The molecule has 1 heterocycles. The predicted octanol–water partition coefficient (Wildman–Crippen LogP) is 4.84. The van der Waals surface area contributed by atoms with Crippen LogP contribution in [0.5, 0.6) is 5.75 Å². The number of aromatic nitrogens is 2. The number of phenolic OH excluding ortho intramolecular Hbond substituents is 1. The average Bonchev–Trinajstić information content (AvgIpc) is 2.82. The lowest BCUT2D eigenvalue weighted by atomic mass is 9.91. The average molecular weight is 284 g/mol. The summed E-state index contributed by atoms with van der Waals surface area (Å²) in [7, 11) is 0. The van der Waals surface area contributed by atoms with Gasteiger partial charge in [0.2, 0.25) is 0 Å². The lowest BCUT2D eigenvalue weighted by Crippen LogP contribution is -1.96. The summed E-state index contributed by atoms with van der Waals surface area (Å²) in [6, 6.07) is 6.12. The first-order valence-corrected chi connectivity index (χ1v) is 7.45. The van der Waals surface area contributed by atoms with Gasteiger partial charge in [-0.05, 0) is 59.7 Å². The molecule has 0 fully saturated rings. The van der Waals surface area contributed by atoms with Crippen LogP contribution < -0.4 is 0 Å². The SMILES string of the molecule is Cc1cc(C=Cc2cc(C(C)C)c(O)c(C(C)C)c2)n[nH]1. The van der Waals surface area contributed by atoms with E-state index in [1.54, 1.807) is 0 Å². The Kier molecular flexibility index (Phi) is 4.51. The van der Waals surface area contributed by atoms with E-state index in [1.807, 2.05) is 25.1 Å². The molecular formula is C18H24N2O. The van der Waals surface area contributed by atoms with Gasteiger partial charge in [0.25, 0.3) is 0 Å². The second kappa shape index (κ2) is 6.17. The summed E-state index contributed by atoms with van der Waals surface area (Å²) in [5.74, 6) is 1.03. The van der Waals surface area contributed by atoms with Crippen LogP contribution in [0.4, 0.5) is 0 Å². The third kappa shape index (κ3) is 3.54. The van der Waals surface area contributed by atoms with E-state index >= 15 is 0 Å². The van der Waals surface area contributed by atoms with E-state index in [1.165, 1.54) is 0 Å². The van der Waals surface area contributed by atoms with Gasteiger partial charge in [0, 0.05) is 5.69 Å². The zero-order valence-electron chi connectivity index (χ0n) is 13.4. The maximum Gasteiger partial charge on any atom is 0.122 e. The van der Waals surface area contributed by atoms with Gasteiger partial charge in [-0.3, -0.25) is 5.10 Å². The fraction of sp³-hybridized carbons (Fsp3) is 0.389. The van der Waals surface area contributed by atoms with Crippen molar-refractivity contribution in [3.8, 4) is 5.75 Å². The second-order valence-corrected chi connectivity index (χ2v) is 6.17. The van der Waals surface area contributed by atoms with Crippen LogP contribution in [0.1, 0.15) is 67.6 Å². The summed E-state index contributed by atoms with van der Waals surface area (Å²) in [5.41, 5.74) is 5.06. The fourth-order valence-electron chi connectivity index (χ4n) is 2.39. The van der Waals surface area contributed by atoms with Crippen LogP contribution in [-0.4, -0.2) is 15.3 Å². The molecule has 0 aliphatic rings. The van der Waals surface area contributed by atoms with Crippen molar-refractivity contribution in [3.05, 3.63) is 46.3 Å². The van der Waals surface area contributed by atoms with Crippen molar-refractivity contribution in [2.75, 3.05) is 0 Å². The Morgan fingerprint density at radius 2 is 1.57 bits per heavy atom. The number of rotatable bonds is 4. The summed E-state index contributed by atoms with van der Waals surface area (Å²) in [6.45, 7) is 10.4. The smallest absolute Gasteiger partial charge is 0.122 e. The first-order valence-electron chi connectivity index (χ1n) is 7.45. The van der Waals surface area contributed by atoms with Crippen molar-refractivity contribution in [2.45, 2.75) is 46.5 Å². The Hall–Kier alpha value is -2.03. The number of nitrogens with zero attached hydrogens (tertiary/aromatic N) is 1. The predicted molar refractivity (Wildman–Crippen MR) is 88.5 cm³/mol. The van der Waals surface area contributed by atoms with Gasteiger partial charge in [-0.25, -0.2) is 0 Å². The molecule has 1 aromatic heterocycles. The van der Waals surface area contributed by atoms with Crippen molar-refractivity contribution < 1.29 is 5.11 Å². The van der Waals surface area contributed by atoms with Gasteiger partial charge in [-0.1, -0.05) is 33.8 Å². The first-order chi connectivity index (χ1) is 9.88. The Morgan fingerprint density at radius 1 is 1.00 bits per heavy atom. The summed E-state index contributed by atoms with van der Waals surface area (Å²) >= 11 is 0. The molecule has 0 bridgehead atoms. The normalized spacial score (nSPS) is 12.0. The highest BCUT2D eigenvalue weighted by Gasteiger charge is 2.14. The van der Waals surface area contributed by atoms with Gasteiger partial charge < -0.3 is 5.11 Å². The Labute approximate surface area is 126 Å². The Balaban J connectivity index is 2.41. The molecule has 21 heavy (non-hydrogen) atoms. The quantitative estimate of drug-likeness (QED) is 0.844. The summed E-state index contributed by atoms with van der Waals surface area (Å²) < 4.78 is 0. The van der Waals surface area contributed by atoms with E-state index in [4.69, 9.17) is 0 Å². The summed E-state index contributed by atoms with van der Waals surface area (Å²) in [6.07, 6.45) is 4.04. The third-order valence-corrected chi connectivity index (χ3v) is 3.61. The van der Waals surface area contributed by atoms with Gasteiger partial charge in [0.05, 0.1) is 5.69 Å². The fourth-order valence-corrected chi connectivity index (χ4v) is 2.39. The monoisotopic (exact) mass is 284 g/mol. The van der Waals surface area contributed by atoms with E-state index in [0.717, 1.165) is 28.1 Å². The Bertz CT molecular complexity index is 622. The van der Waals surface area contributed by atoms with Gasteiger partial charge in [-0.2, -0.15) is 5.10 Å². The highest BCUT2D eigenvalue weighted by Crippen LogP contribution is 2.35. The van der Waals surface area contributed by atoms with Crippen molar-refractivity contribution in [2.24, 2.45) is 0 Å². The van der Waals surface area contributed by atoms with Gasteiger partial charge in [0.1, 0.15) is 5.75 Å². The van der Waals surface area contributed by atoms with Gasteiger partial charge in [0.15, 0.2) is 0 Å². The molecule has 0 aliphatic carbocycles. The van der Waals surface area contributed by atoms with E-state index in [2.05, 4.69) is 50.0 Å². The number of H-pyrrole nitrogens is 1. The highest BCUT2D eigenvalue weighted by molar-refractivity contribution is 5.70. The molecule has 2 aromatic rings. The molecule has 3 nitrogen and oxygen atoms in total. The van der Waals surface area contributed by atoms with E-state index in [-0.39, 0.29) is 0 Å². The van der Waals surface area contributed by atoms with E-state index < -0.39 is 0 Å². The lowest BCUT2D eigenvalue weighted by Gasteiger charge is -2.16. The second-order valence-electron chi connectivity index (χ2n) is 6.17. The van der Waals surface area contributed by atoms with Crippen LogP contribution in [-0.2, 0) is 0 Å². The molecule has 0 aliphatic heterocycles. The van der Waals surface area contributed by atoms with Crippen molar-refractivity contribution >= 4 is 12.2 Å². The van der Waals surface area contributed by atoms with Crippen LogP contribution >= 0.6 is 0 Å². The Morgan fingerprint density at radius 3 is 2.00 bits per heavy atom. The van der Waals surface area contributed by atoms with Crippen LogP contribution in [0.2, 0.25) is 0 Å². The molecule has 0 radical (unpaired) electrons. The molecule has 0 saturated carbocycles. The highest BCUT2D eigenvalue weighted by atomic mass is 16.3. The molecular weight excluding hydrogens is 260 g/mol. The van der Waals surface area contributed by atoms with Gasteiger partial charge in [-0.15, -0.1) is 0 Å². The van der Waals surface area contributed by atoms with Gasteiger partial charge >= 0.3 is 0 Å². The van der Waals surface area contributed by atoms with E-state index in [9.17, 15) is 5.11 Å². The number of aromatic hydroxyl groups is 1. The van der Waals surface area contributed by atoms with E-state index in [0.29, 0.717) is 17.6 Å². The van der Waals surface area contributed by atoms with Crippen molar-refractivity contribution in [1.82, 2.24) is 10.2 Å². The summed E-state index contributed by atoms with van der Waals surface area (Å²) in [5, 5.41) is 17.5. The van der Waals surface area contributed by atoms with Crippen LogP contribution in [0.15, 0.2) is 18.2 Å². The van der Waals surface area contributed by atoms with Crippen molar-refractivity contribution in [1.29, 1.82) is 0 Å². The zero-order valence-corrected chi connectivity index (χ0v) is 13.4. The molecule has 0 saturated heterocycles. The standard InChI is InChI=1S/C18H24N2O/c1-11(2)16-9-14(10-17(12(3)4)18(16)21)6-7-15-8-13(5)19-20-15/h6-12,21H,1-5H3,(H,19,20). The molecule has 1 aromatic carbocycles. The molecule has 0 spiro atoms. The maximum atomic E-state index is 10.4. The van der Waals surface area contributed by atoms with Crippen LogP contribution in [0.3, 0.4) is 0 Å². The lowest BCUT2D eigenvalue weighted by molar-refractivity contribution is 0.454. The maximum absolute atomic E-state index is 10.4. The molecule has 2 rings (SSSR count). The minimum Gasteiger partial charge on any atom is -0.507 e. The summed E-state index contributed by atoms with van der Waals surface area (Å²) in [4.78, 5) is 0. The molecule has 0 atom stereocenters. The molecule has 3 heteroatoms. The first kappa shape index (κ1) is 15.4. The molecule has 0 unspecified atom stereocenters. The number of aromatic amines is 1. The topological polar surface area (TPSA) is 48.9 Å². The van der Waals surface area contributed by atoms with Crippen LogP contribution in [0.25, 0.3) is 12.2 Å². The minimum absolute atomic E-state index is 0.295.